The summed E-state index contributed by atoms with van der Waals surface area (Å²) < 4.78 is 5.24. The smallest absolute Gasteiger partial charge is 0.279 e. The Hall–Kier alpha value is -3.75. The lowest BCUT2D eigenvalue weighted by atomic mass is 9.94. The van der Waals surface area contributed by atoms with Crippen molar-refractivity contribution in [1.29, 1.82) is 0 Å². The van der Waals surface area contributed by atoms with E-state index in [1.165, 1.54) is 31.4 Å². The summed E-state index contributed by atoms with van der Waals surface area (Å²) in [5.74, 6) is -1.55. The number of benzene rings is 2. The number of oxime groups is 1. The number of anilines is 1. The Morgan fingerprint density at radius 3 is 2.48 bits per heavy atom. The molecule has 0 aliphatic carbocycles. The summed E-state index contributed by atoms with van der Waals surface area (Å²) in [6.07, 6.45) is -1.06. The Balaban J connectivity index is 1.69. The van der Waals surface area contributed by atoms with Crippen molar-refractivity contribution in [3.05, 3.63) is 64.2 Å². The zero-order valence-electron chi connectivity index (χ0n) is 14.1. The molecule has 0 spiro atoms. The second-order valence-electron chi connectivity index (χ2n) is 5.97. The highest BCUT2D eigenvalue weighted by molar-refractivity contribution is 6.32. The minimum absolute atomic E-state index is 0.0840. The Morgan fingerprint density at radius 1 is 1.11 bits per heavy atom. The molecule has 0 N–H and O–H groups in total. The van der Waals surface area contributed by atoms with Gasteiger partial charge < -0.3 is 9.57 Å². The van der Waals surface area contributed by atoms with Crippen LogP contribution in [0, 0.1) is 16.0 Å². The fourth-order valence-corrected chi connectivity index (χ4v) is 3.22. The van der Waals surface area contributed by atoms with E-state index in [-0.39, 0.29) is 11.4 Å². The molecule has 2 amide bonds. The van der Waals surface area contributed by atoms with Crippen LogP contribution in [-0.4, -0.2) is 35.7 Å². The van der Waals surface area contributed by atoms with Gasteiger partial charge in [0.05, 0.1) is 17.7 Å². The maximum absolute atomic E-state index is 13.0. The van der Waals surface area contributed by atoms with Crippen molar-refractivity contribution >= 4 is 28.9 Å². The first-order valence-electron chi connectivity index (χ1n) is 8.02. The lowest BCUT2D eigenvalue weighted by molar-refractivity contribution is -0.384. The zero-order valence-corrected chi connectivity index (χ0v) is 14.1. The molecule has 0 radical (unpaired) electrons. The van der Waals surface area contributed by atoms with Crippen molar-refractivity contribution in [2.24, 2.45) is 11.1 Å². The van der Waals surface area contributed by atoms with Crippen molar-refractivity contribution in [3.63, 3.8) is 0 Å². The van der Waals surface area contributed by atoms with Gasteiger partial charge in [-0.1, -0.05) is 17.3 Å². The number of imide groups is 1. The standard InChI is InChI=1S/C18H13N3O6/c1-26-13-5-3-2-4-12(13)20-17(22)14-15(19-27-16(14)18(20)23)10-6-8-11(9-7-10)21(24)25/h2-9,14,16H,1H3/t14-,16-/m0/s1. The van der Waals surface area contributed by atoms with Crippen molar-refractivity contribution in [3.8, 4) is 5.75 Å². The van der Waals surface area contributed by atoms with E-state index < -0.39 is 28.8 Å². The SMILES string of the molecule is COc1ccccc1N1C(=O)[C@H]2C(c3ccc([N+](=O)[O-])cc3)=NO[C@@H]2C1=O. The van der Waals surface area contributed by atoms with Gasteiger partial charge in [-0.3, -0.25) is 19.7 Å². The summed E-state index contributed by atoms with van der Waals surface area (Å²) in [7, 11) is 1.45. The molecule has 27 heavy (non-hydrogen) atoms. The molecule has 1 fully saturated rings. The molecule has 2 aliphatic heterocycles. The minimum atomic E-state index is -1.06. The normalized spacial score (nSPS) is 20.9. The number of hydrogen-bond acceptors (Lipinski definition) is 7. The maximum atomic E-state index is 13.0. The third kappa shape index (κ3) is 2.51. The largest absolute Gasteiger partial charge is 0.495 e. The van der Waals surface area contributed by atoms with E-state index in [0.29, 0.717) is 17.0 Å². The Morgan fingerprint density at radius 2 is 1.81 bits per heavy atom. The summed E-state index contributed by atoms with van der Waals surface area (Å²) in [6, 6.07) is 12.3. The molecule has 1 saturated heterocycles. The van der Waals surface area contributed by atoms with Gasteiger partial charge in [0.2, 0.25) is 12.0 Å². The number of ether oxygens (including phenoxy) is 1. The lowest BCUT2D eigenvalue weighted by Gasteiger charge is -2.18. The molecule has 9 heteroatoms. The van der Waals surface area contributed by atoms with Crippen LogP contribution in [0.15, 0.2) is 53.7 Å². The number of carbonyl (C=O) groups excluding carboxylic acids is 2. The van der Waals surface area contributed by atoms with Gasteiger partial charge >= 0.3 is 0 Å². The zero-order chi connectivity index (χ0) is 19.1. The van der Waals surface area contributed by atoms with Gasteiger partial charge in [0.15, 0.2) is 0 Å². The van der Waals surface area contributed by atoms with Gasteiger partial charge in [-0.05, 0) is 24.3 Å². The van der Waals surface area contributed by atoms with Crippen LogP contribution in [0.2, 0.25) is 0 Å². The first-order chi connectivity index (χ1) is 13.0. The number of hydrogen-bond donors (Lipinski definition) is 0. The van der Waals surface area contributed by atoms with Crippen LogP contribution >= 0.6 is 0 Å². The number of fused-ring (bicyclic) bond motifs is 1. The molecule has 2 aliphatic rings. The van der Waals surface area contributed by atoms with Gasteiger partial charge in [0, 0.05) is 17.7 Å². The third-order valence-electron chi connectivity index (χ3n) is 4.51. The molecule has 4 rings (SSSR count). The van der Waals surface area contributed by atoms with Crippen LogP contribution in [0.3, 0.4) is 0 Å². The molecular formula is C18H13N3O6. The molecule has 2 atom stereocenters. The summed E-state index contributed by atoms with van der Waals surface area (Å²) >= 11 is 0. The number of methoxy groups -OCH3 is 1. The average molecular weight is 367 g/mol. The number of carbonyl (C=O) groups is 2. The van der Waals surface area contributed by atoms with Gasteiger partial charge in [-0.2, -0.15) is 0 Å². The molecule has 9 nitrogen and oxygen atoms in total. The topological polar surface area (TPSA) is 111 Å². The first-order valence-corrected chi connectivity index (χ1v) is 8.02. The van der Waals surface area contributed by atoms with Crippen LogP contribution in [0.5, 0.6) is 5.75 Å². The summed E-state index contributed by atoms with van der Waals surface area (Å²) in [5.41, 5.74) is 0.997. The Kier molecular flexibility index (Phi) is 3.84. The second kappa shape index (κ2) is 6.20. The van der Waals surface area contributed by atoms with E-state index in [0.717, 1.165) is 4.90 Å². The molecule has 136 valence electrons. The predicted octanol–water partition coefficient (Wildman–Crippen LogP) is 1.90. The predicted molar refractivity (Wildman–Crippen MR) is 93.5 cm³/mol. The van der Waals surface area contributed by atoms with E-state index >= 15 is 0 Å². The summed E-state index contributed by atoms with van der Waals surface area (Å²) in [6.45, 7) is 0. The second-order valence-corrected chi connectivity index (χ2v) is 5.97. The van der Waals surface area contributed by atoms with Gasteiger partial charge in [0.1, 0.15) is 17.4 Å². The Bertz CT molecular complexity index is 985. The number of nitro benzene ring substituents is 1. The van der Waals surface area contributed by atoms with Crippen LogP contribution in [0.4, 0.5) is 11.4 Å². The quantitative estimate of drug-likeness (QED) is 0.463. The molecule has 0 aromatic heterocycles. The average Bonchev–Trinajstić information content (AvgIpc) is 3.22. The lowest BCUT2D eigenvalue weighted by Crippen LogP contribution is -2.33. The molecule has 2 heterocycles. The molecule has 0 unspecified atom stereocenters. The number of para-hydroxylation sites is 2. The van der Waals surface area contributed by atoms with Crippen LogP contribution in [-0.2, 0) is 14.4 Å². The highest BCUT2D eigenvalue weighted by Crippen LogP contribution is 2.38. The van der Waals surface area contributed by atoms with Gasteiger partial charge in [0.25, 0.3) is 11.6 Å². The summed E-state index contributed by atoms with van der Waals surface area (Å²) in [4.78, 5) is 42.3. The fraction of sp³-hybridized carbons (Fsp3) is 0.167. The number of amides is 2. The number of nitrogens with zero attached hydrogens (tertiary/aromatic N) is 3. The monoisotopic (exact) mass is 367 g/mol. The highest BCUT2D eigenvalue weighted by atomic mass is 16.7. The molecule has 0 bridgehead atoms. The fourth-order valence-electron chi connectivity index (χ4n) is 3.22. The van der Waals surface area contributed by atoms with Crippen molar-refractivity contribution in [2.45, 2.75) is 6.10 Å². The highest BCUT2D eigenvalue weighted by Gasteiger charge is 2.56. The first kappa shape index (κ1) is 16.7. The van der Waals surface area contributed by atoms with E-state index in [1.807, 2.05) is 0 Å². The van der Waals surface area contributed by atoms with Crippen LogP contribution in [0.25, 0.3) is 0 Å². The summed E-state index contributed by atoms with van der Waals surface area (Å²) in [5, 5.41) is 14.7. The van der Waals surface area contributed by atoms with E-state index in [2.05, 4.69) is 5.16 Å². The number of non-ortho nitro benzene ring substituents is 1. The molecule has 2 aromatic rings. The van der Waals surface area contributed by atoms with Gasteiger partial charge in [-0.25, -0.2) is 4.90 Å². The van der Waals surface area contributed by atoms with E-state index in [4.69, 9.17) is 9.57 Å². The van der Waals surface area contributed by atoms with Crippen LogP contribution < -0.4 is 9.64 Å². The van der Waals surface area contributed by atoms with Crippen molar-refractivity contribution in [2.75, 3.05) is 12.0 Å². The minimum Gasteiger partial charge on any atom is -0.495 e. The van der Waals surface area contributed by atoms with Gasteiger partial charge in [-0.15, -0.1) is 0 Å². The maximum Gasteiger partial charge on any atom is 0.279 e. The number of rotatable bonds is 4. The van der Waals surface area contributed by atoms with Crippen molar-refractivity contribution in [1.82, 2.24) is 0 Å². The molecule has 0 saturated carbocycles. The Labute approximate surface area is 152 Å². The third-order valence-corrected chi connectivity index (χ3v) is 4.51. The van der Waals surface area contributed by atoms with E-state index in [9.17, 15) is 19.7 Å². The van der Waals surface area contributed by atoms with Crippen LogP contribution in [0.1, 0.15) is 5.56 Å². The molecular weight excluding hydrogens is 354 g/mol. The number of nitro groups is 1. The van der Waals surface area contributed by atoms with E-state index in [1.54, 1.807) is 24.3 Å². The van der Waals surface area contributed by atoms with Crippen molar-refractivity contribution < 1.29 is 24.1 Å². The molecule has 2 aromatic carbocycles.